The standard InChI is InChI=1S/C24H32N2O4S/c1-15-8-9-16(2)19(12-15)17(3)25-23(27)22-14-26(31(7,28)29)20-13-18(24(4,5)6)10-11-21(20)30-22/h8-13,17,22H,14H2,1-7H3,(H,25,27). The largest absolute Gasteiger partial charge is 0.476 e. The van der Waals surface area contributed by atoms with Gasteiger partial charge in [0.15, 0.2) is 6.10 Å². The molecule has 168 valence electrons. The SMILES string of the molecule is Cc1ccc(C)c(C(C)NC(=O)C2CN(S(C)(=O)=O)c3cc(C(C)(C)C)ccc3O2)c1. The van der Waals surface area contributed by atoms with Crippen LogP contribution in [0.15, 0.2) is 36.4 Å². The third-order valence-electron chi connectivity index (χ3n) is 5.65. The van der Waals surface area contributed by atoms with Crippen molar-refractivity contribution in [3.05, 3.63) is 58.7 Å². The summed E-state index contributed by atoms with van der Waals surface area (Å²) in [5, 5.41) is 2.99. The molecule has 31 heavy (non-hydrogen) atoms. The smallest absolute Gasteiger partial charge is 0.263 e. The third-order valence-corrected chi connectivity index (χ3v) is 6.79. The van der Waals surface area contributed by atoms with Gasteiger partial charge in [-0.15, -0.1) is 0 Å². The number of sulfonamides is 1. The number of benzene rings is 2. The van der Waals surface area contributed by atoms with Crippen LogP contribution in [0.3, 0.4) is 0 Å². The van der Waals surface area contributed by atoms with E-state index in [-0.39, 0.29) is 23.9 Å². The van der Waals surface area contributed by atoms with Gasteiger partial charge < -0.3 is 10.1 Å². The summed E-state index contributed by atoms with van der Waals surface area (Å²) in [6.07, 6.45) is 0.217. The average molecular weight is 445 g/mol. The lowest BCUT2D eigenvalue weighted by Gasteiger charge is -2.35. The molecule has 6 nitrogen and oxygen atoms in total. The molecule has 2 unspecified atom stereocenters. The van der Waals surface area contributed by atoms with Gasteiger partial charge in [0.1, 0.15) is 5.75 Å². The fourth-order valence-corrected chi connectivity index (χ4v) is 4.69. The maximum Gasteiger partial charge on any atom is 0.263 e. The number of nitrogens with one attached hydrogen (secondary N) is 1. The van der Waals surface area contributed by atoms with E-state index in [1.807, 2.05) is 51.1 Å². The van der Waals surface area contributed by atoms with E-state index in [4.69, 9.17) is 4.74 Å². The molecule has 3 rings (SSSR count). The van der Waals surface area contributed by atoms with Crippen LogP contribution in [0.25, 0.3) is 0 Å². The maximum absolute atomic E-state index is 13.0. The van der Waals surface area contributed by atoms with Crippen LogP contribution in [0.1, 0.15) is 56.0 Å². The molecule has 0 aromatic heterocycles. The summed E-state index contributed by atoms with van der Waals surface area (Å²) in [5.41, 5.74) is 4.55. The Morgan fingerprint density at radius 1 is 1.16 bits per heavy atom. The van der Waals surface area contributed by atoms with Gasteiger partial charge >= 0.3 is 0 Å². The van der Waals surface area contributed by atoms with Crippen LogP contribution < -0.4 is 14.4 Å². The minimum Gasteiger partial charge on any atom is -0.476 e. The van der Waals surface area contributed by atoms with E-state index in [2.05, 4.69) is 26.1 Å². The second-order valence-corrected chi connectivity index (χ2v) is 11.3. The molecule has 1 heterocycles. The van der Waals surface area contributed by atoms with Gasteiger partial charge in [-0.3, -0.25) is 9.10 Å². The van der Waals surface area contributed by atoms with Crippen LogP contribution >= 0.6 is 0 Å². The quantitative estimate of drug-likeness (QED) is 0.773. The molecule has 0 spiro atoms. The Morgan fingerprint density at radius 2 is 1.84 bits per heavy atom. The summed E-state index contributed by atoms with van der Waals surface area (Å²) in [6.45, 7) is 12.1. The molecule has 2 aromatic rings. The van der Waals surface area contributed by atoms with Gasteiger partial charge in [0.25, 0.3) is 5.91 Å². The molecule has 0 bridgehead atoms. The monoisotopic (exact) mass is 444 g/mol. The Bertz CT molecular complexity index is 1100. The third kappa shape index (κ3) is 5.03. The zero-order valence-corrected chi connectivity index (χ0v) is 20.1. The number of ether oxygens (including phenoxy) is 1. The zero-order chi connectivity index (χ0) is 23.1. The zero-order valence-electron chi connectivity index (χ0n) is 19.3. The fraction of sp³-hybridized carbons (Fsp3) is 0.458. The number of hydrogen-bond acceptors (Lipinski definition) is 4. The van der Waals surface area contributed by atoms with Crippen molar-refractivity contribution in [1.29, 1.82) is 0 Å². The van der Waals surface area contributed by atoms with Crippen molar-refractivity contribution in [1.82, 2.24) is 5.32 Å². The Labute approximate surface area is 185 Å². The molecule has 7 heteroatoms. The number of amides is 1. The van der Waals surface area contributed by atoms with E-state index < -0.39 is 16.1 Å². The Kier molecular flexibility index (Phi) is 6.11. The topological polar surface area (TPSA) is 75.7 Å². The van der Waals surface area contributed by atoms with Gasteiger partial charge in [-0.25, -0.2) is 8.42 Å². The fourth-order valence-electron chi connectivity index (χ4n) is 3.78. The number of hydrogen-bond donors (Lipinski definition) is 1. The molecule has 1 N–H and O–H groups in total. The second kappa shape index (κ2) is 8.19. The van der Waals surface area contributed by atoms with Gasteiger partial charge in [-0.2, -0.15) is 0 Å². The van der Waals surface area contributed by atoms with Crippen molar-refractivity contribution in [2.75, 3.05) is 17.1 Å². The van der Waals surface area contributed by atoms with E-state index in [1.54, 1.807) is 6.07 Å². The van der Waals surface area contributed by atoms with Crippen LogP contribution in [-0.4, -0.2) is 33.2 Å². The molecule has 0 fully saturated rings. The van der Waals surface area contributed by atoms with Gasteiger partial charge in [-0.1, -0.05) is 50.6 Å². The number of fused-ring (bicyclic) bond motifs is 1. The first kappa shape index (κ1) is 23.1. The van der Waals surface area contributed by atoms with Gasteiger partial charge in [0.05, 0.1) is 24.5 Å². The van der Waals surface area contributed by atoms with E-state index >= 15 is 0 Å². The molecule has 0 aliphatic carbocycles. The van der Waals surface area contributed by atoms with Crippen molar-refractivity contribution < 1.29 is 17.9 Å². The molecule has 0 radical (unpaired) electrons. The molecular formula is C24H32N2O4S. The highest BCUT2D eigenvalue weighted by Crippen LogP contribution is 2.38. The summed E-state index contributed by atoms with van der Waals surface area (Å²) < 4.78 is 32.3. The lowest BCUT2D eigenvalue weighted by Crippen LogP contribution is -2.51. The number of carbonyl (C=O) groups excluding carboxylic acids is 1. The maximum atomic E-state index is 13.0. The van der Waals surface area contributed by atoms with Crippen molar-refractivity contribution >= 4 is 21.6 Å². The van der Waals surface area contributed by atoms with Crippen molar-refractivity contribution in [2.45, 2.75) is 59.1 Å². The average Bonchev–Trinajstić information content (AvgIpc) is 2.66. The normalized spacial score (nSPS) is 17.5. The minimum atomic E-state index is -3.59. The molecule has 1 aliphatic rings. The number of aryl methyl sites for hydroxylation is 2. The van der Waals surface area contributed by atoms with Gasteiger partial charge in [0.2, 0.25) is 10.0 Å². The van der Waals surface area contributed by atoms with Crippen LogP contribution in [0, 0.1) is 13.8 Å². The van der Waals surface area contributed by atoms with Crippen LogP contribution in [0.4, 0.5) is 5.69 Å². The molecule has 0 saturated carbocycles. The Hall–Kier alpha value is -2.54. The number of nitrogens with zero attached hydrogens (tertiary/aromatic N) is 1. The van der Waals surface area contributed by atoms with Crippen molar-refractivity contribution in [2.24, 2.45) is 0 Å². The lowest BCUT2D eigenvalue weighted by atomic mass is 9.86. The first-order chi connectivity index (χ1) is 14.3. The van der Waals surface area contributed by atoms with Gasteiger partial charge in [-0.05, 0) is 55.0 Å². The minimum absolute atomic E-state index is 0.0647. The Balaban J connectivity index is 1.88. The lowest BCUT2D eigenvalue weighted by molar-refractivity contribution is -0.128. The molecule has 0 saturated heterocycles. The number of rotatable bonds is 4. The molecule has 2 aromatic carbocycles. The summed E-state index contributed by atoms with van der Waals surface area (Å²) in [6, 6.07) is 11.4. The molecule has 1 amide bonds. The van der Waals surface area contributed by atoms with Crippen LogP contribution in [0.2, 0.25) is 0 Å². The highest BCUT2D eigenvalue weighted by Gasteiger charge is 2.36. The highest BCUT2D eigenvalue weighted by atomic mass is 32.2. The van der Waals surface area contributed by atoms with Gasteiger partial charge in [0, 0.05) is 0 Å². The van der Waals surface area contributed by atoms with Crippen LogP contribution in [-0.2, 0) is 20.2 Å². The second-order valence-electron chi connectivity index (χ2n) is 9.42. The summed E-state index contributed by atoms with van der Waals surface area (Å²) in [5.74, 6) is 0.0526. The number of carbonyl (C=O) groups is 1. The van der Waals surface area contributed by atoms with Crippen molar-refractivity contribution in [3.8, 4) is 5.75 Å². The summed E-state index contributed by atoms with van der Waals surface area (Å²) >= 11 is 0. The predicted octanol–water partition coefficient (Wildman–Crippen LogP) is 4.01. The van der Waals surface area contributed by atoms with E-state index in [1.165, 1.54) is 4.31 Å². The van der Waals surface area contributed by atoms with Crippen molar-refractivity contribution in [3.63, 3.8) is 0 Å². The van der Waals surface area contributed by atoms with E-state index in [9.17, 15) is 13.2 Å². The molecular weight excluding hydrogens is 412 g/mol. The summed E-state index contributed by atoms with van der Waals surface area (Å²) in [4.78, 5) is 13.0. The van der Waals surface area contributed by atoms with Crippen LogP contribution in [0.5, 0.6) is 5.75 Å². The first-order valence-corrected chi connectivity index (χ1v) is 12.3. The molecule has 2 atom stereocenters. The first-order valence-electron chi connectivity index (χ1n) is 10.4. The predicted molar refractivity (Wildman–Crippen MR) is 124 cm³/mol. The summed E-state index contributed by atoms with van der Waals surface area (Å²) in [7, 11) is -3.59. The van der Waals surface area contributed by atoms with E-state index in [0.29, 0.717) is 11.4 Å². The number of anilines is 1. The highest BCUT2D eigenvalue weighted by molar-refractivity contribution is 7.92. The van der Waals surface area contributed by atoms with E-state index in [0.717, 1.165) is 28.5 Å². The Morgan fingerprint density at radius 3 is 2.45 bits per heavy atom. The molecule has 1 aliphatic heterocycles.